The zero-order valence-electron chi connectivity index (χ0n) is 39.7. The number of carboxylic acid groups (broad SMARTS) is 2. The second kappa shape index (κ2) is 18.0. The minimum absolute atomic E-state index is 0.0299. The van der Waals surface area contributed by atoms with Gasteiger partial charge in [0, 0.05) is 0 Å². The fourth-order valence-electron chi connectivity index (χ4n) is 15.1. The van der Waals surface area contributed by atoms with E-state index in [1.807, 2.05) is 0 Å². The highest BCUT2D eigenvalue weighted by Crippen LogP contribution is 2.76. The molecule has 0 aromatic carbocycles. The summed E-state index contributed by atoms with van der Waals surface area (Å²) in [6.45, 7) is 14.2. The molecule has 3 heterocycles. The molecule has 0 spiro atoms. The number of ether oxygens (including phenoxy) is 6. The zero-order valence-corrected chi connectivity index (χ0v) is 39.7. The molecule has 19 nitrogen and oxygen atoms in total. The lowest BCUT2D eigenvalue weighted by Crippen LogP contribution is -2.68. The molecule has 7 fully saturated rings. The molecule has 8 rings (SSSR count). The maximum absolute atomic E-state index is 13.2. The summed E-state index contributed by atoms with van der Waals surface area (Å²) in [4.78, 5) is 26.0. The molecule has 0 amide bonds. The zero-order chi connectivity index (χ0) is 49.1. The number of carboxylic acids is 2. The van der Waals surface area contributed by atoms with E-state index >= 15 is 0 Å². The first-order valence-corrected chi connectivity index (χ1v) is 24.3. The van der Waals surface area contributed by atoms with Crippen LogP contribution in [0.1, 0.15) is 113 Å². The van der Waals surface area contributed by atoms with Gasteiger partial charge in [0.05, 0.1) is 24.7 Å². The van der Waals surface area contributed by atoms with Gasteiger partial charge < -0.3 is 84.6 Å². The lowest BCUT2D eigenvalue weighted by atomic mass is 9.33. The van der Waals surface area contributed by atoms with E-state index in [4.69, 9.17) is 28.4 Å². The summed E-state index contributed by atoms with van der Waals surface area (Å²) in [7, 11) is 0. The molecule has 0 radical (unpaired) electrons. The van der Waals surface area contributed by atoms with Gasteiger partial charge in [0.2, 0.25) is 0 Å². The summed E-state index contributed by atoms with van der Waals surface area (Å²) in [5, 5.41) is 117. The summed E-state index contributed by atoms with van der Waals surface area (Å²) < 4.78 is 36.4. The van der Waals surface area contributed by atoms with Crippen molar-refractivity contribution in [3.63, 3.8) is 0 Å². The second-order valence-electron chi connectivity index (χ2n) is 23.5. The fourth-order valence-corrected chi connectivity index (χ4v) is 15.1. The Bertz CT molecular complexity index is 1870. The molecule has 3 saturated heterocycles. The van der Waals surface area contributed by atoms with Crippen LogP contribution < -0.4 is 0 Å². The van der Waals surface area contributed by atoms with E-state index in [2.05, 4.69) is 54.5 Å². The Morgan fingerprint density at radius 3 is 1.75 bits per heavy atom. The smallest absolute Gasteiger partial charge is 0.335 e. The van der Waals surface area contributed by atoms with Crippen molar-refractivity contribution in [1.82, 2.24) is 0 Å². The number of allylic oxidation sites excluding steroid dienone is 2. The number of hydrogen-bond donors (Lipinski definition) is 11. The molecule has 11 N–H and O–H groups in total. The molecule has 4 saturated carbocycles. The molecule has 19 heteroatoms. The van der Waals surface area contributed by atoms with Crippen LogP contribution in [0.4, 0.5) is 0 Å². The van der Waals surface area contributed by atoms with E-state index in [1.165, 1.54) is 5.57 Å². The van der Waals surface area contributed by atoms with Crippen LogP contribution in [0, 0.1) is 50.2 Å². The molecule has 3 aliphatic heterocycles. The van der Waals surface area contributed by atoms with E-state index in [-0.39, 0.29) is 39.4 Å². The van der Waals surface area contributed by atoms with Gasteiger partial charge in [-0.05, 0) is 109 Å². The molecular weight excluding hydrogens is 881 g/mol. The summed E-state index contributed by atoms with van der Waals surface area (Å²) in [6, 6.07) is 0. The lowest BCUT2D eigenvalue weighted by Gasteiger charge is -2.71. The van der Waals surface area contributed by atoms with E-state index in [9.17, 15) is 65.8 Å². The van der Waals surface area contributed by atoms with E-state index in [0.717, 1.165) is 38.5 Å². The Hall–Kier alpha value is -1.92. The third-order valence-electron chi connectivity index (χ3n) is 19.3. The van der Waals surface area contributed by atoms with Gasteiger partial charge in [-0.1, -0.05) is 60.1 Å². The van der Waals surface area contributed by atoms with Crippen molar-refractivity contribution < 1.29 is 94.2 Å². The molecule has 8 aliphatic rings. The number of carbonyl (C=O) groups is 2. The van der Waals surface area contributed by atoms with Gasteiger partial charge in [-0.25, -0.2) is 4.79 Å². The van der Waals surface area contributed by atoms with Gasteiger partial charge in [-0.2, -0.15) is 0 Å². The third-order valence-corrected chi connectivity index (χ3v) is 19.3. The minimum Gasteiger partial charge on any atom is -0.481 e. The van der Waals surface area contributed by atoms with Crippen LogP contribution in [-0.4, -0.2) is 180 Å². The average molecular weight is 957 g/mol. The van der Waals surface area contributed by atoms with Crippen molar-refractivity contribution >= 4 is 11.9 Å². The first-order valence-electron chi connectivity index (χ1n) is 24.3. The maximum atomic E-state index is 13.2. The topological polar surface area (TPSA) is 312 Å². The first-order chi connectivity index (χ1) is 31.2. The Labute approximate surface area is 391 Å². The van der Waals surface area contributed by atoms with Crippen LogP contribution in [0.3, 0.4) is 0 Å². The Kier molecular flexibility index (Phi) is 13.8. The van der Waals surface area contributed by atoms with Gasteiger partial charge >= 0.3 is 11.9 Å². The van der Waals surface area contributed by atoms with Crippen LogP contribution in [0.25, 0.3) is 0 Å². The Morgan fingerprint density at radius 2 is 1.19 bits per heavy atom. The average Bonchev–Trinajstić information content (AvgIpc) is 3.26. The van der Waals surface area contributed by atoms with Gasteiger partial charge in [0.25, 0.3) is 0 Å². The van der Waals surface area contributed by atoms with Crippen LogP contribution in [0.15, 0.2) is 11.6 Å². The number of fused-ring (bicyclic) bond motifs is 7. The van der Waals surface area contributed by atoms with E-state index in [0.29, 0.717) is 25.7 Å². The largest absolute Gasteiger partial charge is 0.481 e. The van der Waals surface area contributed by atoms with Crippen LogP contribution in [0.5, 0.6) is 0 Å². The summed E-state index contributed by atoms with van der Waals surface area (Å²) in [6.07, 6.45) is -18.3. The monoisotopic (exact) mass is 956 g/mol. The van der Waals surface area contributed by atoms with Gasteiger partial charge in [0.1, 0.15) is 67.1 Å². The number of aliphatic carboxylic acids is 2. The van der Waals surface area contributed by atoms with Gasteiger partial charge in [0.15, 0.2) is 25.0 Å². The first kappa shape index (κ1) is 51.4. The van der Waals surface area contributed by atoms with Crippen molar-refractivity contribution in [2.75, 3.05) is 13.2 Å². The summed E-state index contributed by atoms with van der Waals surface area (Å²) in [5.74, 6) is -2.06. The predicted octanol–water partition coefficient (Wildman–Crippen LogP) is 0.799. The maximum Gasteiger partial charge on any atom is 0.335 e. The normalized spacial score (nSPS) is 52.7. The van der Waals surface area contributed by atoms with Crippen molar-refractivity contribution in [1.29, 1.82) is 0 Å². The predicted molar refractivity (Wildman–Crippen MR) is 231 cm³/mol. The van der Waals surface area contributed by atoms with Crippen molar-refractivity contribution in [2.24, 2.45) is 50.2 Å². The second-order valence-corrected chi connectivity index (χ2v) is 23.5. The van der Waals surface area contributed by atoms with Gasteiger partial charge in [-0.3, -0.25) is 4.79 Å². The summed E-state index contributed by atoms with van der Waals surface area (Å²) in [5.41, 5.74) is -0.618. The molecule has 0 aromatic rings. The quantitative estimate of drug-likeness (QED) is 0.107. The van der Waals surface area contributed by atoms with E-state index in [1.54, 1.807) is 0 Å². The van der Waals surface area contributed by atoms with Gasteiger partial charge in [-0.15, -0.1) is 0 Å². The molecule has 67 heavy (non-hydrogen) atoms. The minimum atomic E-state index is -2.12. The fraction of sp³-hybridized carbons (Fsp3) is 0.917. The number of rotatable bonds is 10. The highest BCUT2D eigenvalue weighted by Gasteiger charge is 2.70. The van der Waals surface area contributed by atoms with Crippen molar-refractivity contribution in [3.8, 4) is 0 Å². The van der Waals surface area contributed by atoms with Crippen LogP contribution >= 0.6 is 0 Å². The van der Waals surface area contributed by atoms with Crippen molar-refractivity contribution in [2.45, 2.75) is 211 Å². The molecule has 23 atom stereocenters. The highest BCUT2D eigenvalue weighted by molar-refractivity contribution is 5.76. The number of aliphatic hydroxyl groups is 9. The molecule has 5 aliphatic carbocycles. The molecular formula is C48H76O19. The Morgan fingerprint density at radius 1 is 0.627 bits per heavy atom. The third kappa shape index (κ3) is 8.06. The molecule has 1 unspecified atom stereocenters. The number of aliphatic hydroxyl groups excluding tert-OH is 9. The SMILES string of the molecule is CC1(C)CC[C@]2(C(=O)O)CC[C@]3(C)C(=CC[C@@H]4[C@@]5(C)CC[C@H](O[C@@H]6O[C@H](C(=O)O)[C@@H](O)[C@H](O[C@@H]7O[C@H](CO)[C@@H](O)[C@H](O)[C@H]7O)[C@H]6O[C@@H]6O[C@@H](CO)[C@@H](O)[C@@H](O)C6O)C(C)(C)[C@@H]5CC[C@]43C)[C@@H]2C1. The highest BCUT2D eigenvalue weighted by atomic mass is 16.8. The van der Waals surface area contributed by atoms with Crippen LogP contribution in [-0.2, 0) is 38.0 Å². The molecule has 382 valence electrons. The van der Waals surface area contributed by atoms with Crippen LogP contribution in [0.2, 0.25) is 0 Å². The van der Waals surface area contributed by atoms with E-state index < -0.39 is 134 Å². The summed E-state index contributed by atoms with van der Waals surface area (Å²) >= 11 is 0. The number of hydrogen-bond acceptors (Lipinski definition) is 17. The standard InChI is InChI=1S/C48H76O19/c1-43(2)14-16-48(42(60)61)17-15-46(6)21(22(48)18-43)8-9-26-45(5)12-11-27(44(3,4)25(45)10-13-47(26,46)7)64-41-37(67-40-33(56)31(54)29(52)24(20-50)63-40)35(34(57)36(66-41)38(58)59)65-39-32(55)30(53)28(51)23(19-49)62-39/h8,22-37,39-41,49-57H,9-20H2,1-7H3,(H,58,59)(H,60,61)/t22-,23+,24-,25-,26+,27-,28+,29+,30-,31+,32+,33?,34-,35-,36-,37+,39-,40-,41+,45-,46+,47+,48-/m0/s1. The Balaban J connectivity index is 1.11. The molecule has 0 aromatic heterocycles. The lowest BCUT2D eigenvalue weighted by molar-refractivity contribution is -0.396. The molecule has 0 bridgehead atoms. The van der Waals surface area contributed by atoms with Crippen molar-refractivity contribution in [3.05, 3.63) is 11.6 Å².